The number of amides is 2. The van der Waals surface area contributed by atoms with E-state index >= 15 is 0 Å². The Morgan fingerprint density at radius 2 is 1.95 bits per heavy atom. The summed E-state index contributed by atoms with van der Waals surface area (Å²) in [6.45, 7) is 7.43. The number of anilines is 2. The van der Waals surface area contributed by atoms with Crippen LogP contribution in [0.4, 0.5) is 16.4 Å². The summed E-state index contributed by atoms with van der Waals surface area (Å²) >= 11 is 0. The zero-order valence-corrected chi connectivity index (χ0v) is 23.2. The number of aryl methyl sites for hydroxylation is 1. The van der Waals surface area contributed by atoms with Gasteiger partial charge in [-0.1, -0.05) is 19.4 Å². The van der Waals surface area contributed by atoms with Crippen molar-refractivity contribution in [3.63, 3.8) is 0 Å². The maximum atomic E-state index is 12.6. The largest absolute Gasteiger partial charge is 0.465 e. The molecule has 1 aliphatic rings. The summed E-state index contributed by atoms with van der Waals surface area (Å²) in [6.07, 6.45) is 4.70. The summed E-state index contributed by atoms with van der Waals surface area (Å²) in [7, 11) is 0. The molecule has 1 unspecified atom stereocenters. The molecule has 4 rings (SSSR count). The summed E-state index contributed by atoms with van der Waals surface area (Å²) in [6, 6.07) is 2.29. The van der Waals surface area contributed by atoms with Crippen LogP contribution in [0.5, 0.6) is 6.01 Å². The lowest BCUT2D eigenvalue weighted by Gasteiger charge is -2.36. The smallest absolute Gasteiger partial charge is 0.407 e. The molecule has 216 valence electrons. The molecule has 1 fully saturated rings. The summed E-state index contributed by atoms with van der Waals surface area (Å²) < 4.78 is 7.52. The van der Waals surface area contributed by atoms with E-state index in [0.29, 0.717) is 38.2 Å². The van der Waals surface area contributed by atoms with Gasteiger partial charge in [0.05, 0.1) is 24.6 Å². The first-order valence-electron chi connectivity index (χ1n) is 13.4. The molecule has 1 saturated heterocycles. The van der Waals surface area contributed by atoms with Crippen LogP contribution in [0.25, 0.3) is 5.65 Å². The molecule has 0 bridgehead atoms. The van der Waals surface area contributed by atoms with E-state index in [4.69, 9.17) is 20.6 Å². The number of piperazine rings is 1. The highest BCUT2D eigenvalue weighted by molar-refractivity contribution is 5.82. The first kappa shape index (κ1) is 28.8. The second-order valence-corrected chi connectivity index (χ2v) is 9.94. The molecule has 1 atom stereocenters. The van der Waals surface area contributed by atoms with Crippen molar-refractivity contribution < 1.29 is 24.5 Å². The molecule has 0 aromatic carbocycles. The molecule has 0 spiro atoms. The predicted molar refractivity (Wildman–Crippen MR) is 147 cm³/mol. The molecule has 4 heterocycles. The van der Waals surface area contributed by atoms with E-state index in [1.165, 1.54) is 0 Å². The maximum Gasteiger partial charge on any atom is 0.407 e. The number of hydrogen-bond donors (Lipinski definition) is 3. The van der Waals surface area contributed by atoms with Crippen molar-refractivity contribution in [2.24, 2.45) is 0 Å². The predicted octanol–water partition coefficient (Wildman–Crippen LogP) is 1.19. The Labute approximate surface area is 232 Å². The Balaban J connectivity index is 1.41. The number of aliphatic hydroxyl groups is 1. The standard InChI is InChI=1S/C26H37N9O5/c1-4-5-18(3)40-25-30-22(27)24-29-15-20(35(24)31-25)13-19-12-17(2)23(28-14-19)33-8-6-32(7-9-33)21(37)16-34(10-11-36)26(38)39/h12,14-15,18,36H,4-11,13,16H2,1-3H3,(H,38,39)(H2,27,30,31). The Hall–Kier alpha value is -4.20. The number of imidazole rings is 1. The van der Waals surface area contributed by atoms with E-state index in [9.17, 15) is 14.7 Å². The van der Waals surface area contributed by atoms with E-state index in [0.717, 1.165) is 40.4 Å². The van der Waals surface area contributed by atoms with Crippen LogP contribution in [-0.2, 0) is 11.2 Å². The van der Waals surface area contributed by atoms with Crippen molar-refractivity contribution in [3.8, 4) is 6.01 Å². The molecule has 3 aromatic rings. The van der Waals surface area contributed by atoms with Gasteiger partial charge in [0.2, 0.25) is 5.91 Å². The minimum absolute atomic E-state index is 0.0288. The highest BCUT2D eigenvalue weighted by Gasteiger charge is 2.25. The maximum absolute atomic E-state index is 12.6. The van der Waals surface area contributed by atoms with Crippen LogP contribution < -0.4 is 15.4 Å². The lowest BCUT2D eigenvalue weighted by molar-refractivity contribution is -0.132. The number of nitrogen functional groups attached to an aromatic ring is 1. The lowest BCUT2D eigenvalue weighted by atomic mass is 10.1. The van der Waals surface area contributed by atoms with Crippen molar-refractivity contribution in [1.82, 2.24) is 34.4 Å². The zero-order chi connectivity index (χ0) is 28.8. The molecule has 0 saturated carbocycles. The SMILES string of the molecule is CCCC(C)Oc1nc(N)c2ncc(Cc3cnc(N4CCN(C(=O)CN(CCO)C(=O)O)CC4)c(C)c3)n2n1. The van der Waals surface area contributed by atoms with E-state index in [-0.39, 0.29) is 43.5 Å². The number of fused-ring (bicyclic) bond motifs is 1. The third-order valence-electron chi connectivity index (χ3n) is 6.83. The molecule has 0 radical (unpaired) electrons. The van der Waals surface area contributed by atoms with Crippen LogP contribution in [-0.4, -0.2) is 109 Å². The zero-order valence-electron chi connectivity index (χ0n) is 23.2. The van der Waals surface area contributed by atoms with Crippen LogP contribution in [0.3, 0.4) is 0 Å². The van der Waals surface area contributed by atoms with Crippen molar-refractivity contribution in [3.05, 3.63) is 35.3 Å². The number of nitrogens with two attached hydrogens (primary N) is 1. The van der Waals surface area contributed by atoms with Gasteiger partial charge in [-0.25, -0.2) is 19.3 Å². The topological polar surface area (TPSA) is 176 Å². The molecule has 1 aliphatic heterocycles. The van der Waals surface area contributed by atoms with Crippen LogP contribution in [0.2, 0.25) is 0 Å². The van der Waals surface area contributed by atoms with E-state index < -0.39 is 6.09 Å². The number of carboxylic acid groups (broad SMARTS) is 1. The van der Waals surface area contributed by atoms with Crippen molar-refractivity contribution >= 4 is 29.3 Å². The first-order valence-corrected chi connectivity index (χ1v) is 13.4. The first-order chi connectivity index (χ1) is 19.2. The fraction of sp³-hybridized carbons (Fsp3) is 0.538. The van der Waals surface area contributed by atoms with E-state index in [1.807, 2.05) is 20.0 Å². The quantitative estimate of drug-likeness (QED) is 0.310. The number of carbonyl (C=O) groups is 2. The second-order valence-electron chi connectivity index (χ2n) is 9.94. The number of ether oxygens (including phenoxy) is 1. The van der Waals surface area contributed by atoms with Gasteiger partial charge in [-0.15, -0.1) is 5.10 Å². The number of aromatic nitrogens is 5. The minimum atomic E-state index is -1.23. The summed E-state index contributed by atoms with van der Waals surface area (Å²) in [4.78, 5) is 41.9. The van der Waals surface area contributed by atoms with Crippen LogP contribution in [0, 0.1) is 6.92 Å². The van der Waals surface area contributed by atoms with Gasteiger partial charge in [0.25, 0.3) is 0 Å². The van der Waals surface area contributed by atoms with Crippen LogP contribution in [0.15, 0.2) is 18.5 Å². The number of nitrogens with zero attached hydrogens (tertiary/aromatic N) is 8. The third kappa shape index (κ3) is 6.68. The van der Waals surface area contributed by atoms with Gasteiger partial charge in [0, 0.05) is 45.3 Å². The lowest BCUT2D eigenvalue weighted by Crippen LogP contribution is -2.52. The van der Waals surface area contributed by atoms with Crippen molar-refractivity contribution in [2.45, 2.75) is 46.1 Å². The molecular weight excluding hydrogens is 518 g/mol. The number of aliphatic hydroxyl groups excluding tert-OH is 1. The van der Waals surface area contributed by atoms with E-state index in [1.54, 1.807) is 15.6 Å². The Bertz CT molecular complexity index is 1340. The minimum Gasteiger partial charge on any atom is -0.465 e. The summed E-state index contributed by atoms with van der Waals surface area (Å²) in [5, 5.41) is 22.8. The Kier molecular flexibility index (Phi) is 9.19. The number of carbonyl (C=O) groups excluding carboxylic acids is 1. The van der Waals surface area contributed by atoms with Crippen molar-refractivity contribution in [1.29, 1.82) is 0 Å². The Morgan fingerprint density at radius 1 is 1.20 bits per heavy atom. The summed E-state index contributed by atoms with van der Waals surface area (Å²) in [5.74, 6) is 0.821. The molecule has 4 N–H and O–H groups in total. The average molecular weight is 556 g/mol. The van der Waals surface area contributed by atoms with E-state index in [2.05, 4.69) is 33.0 Å². The van der Waals surface area contributed by atoms with Crippen LogP contribution in [0.1, 0.15) is 43.5 Å². The monoisotopic (exact) mass is 555 g/mol. The van der Waals surface area contributed by atoms with Gasteiger partial charge in [-0.3, -0.25) is 9.69 Å². The normalized spacial score (nSPS) is 14.4. The van der Waals surface area contributed by atoms with Gasteiger partial charge in [-0.2, -0.15) is 4.98 Å². The highest BCUT2D eigenvalue weighted by Crippen LogP contribution is 2.23. The highest BCUT2D eigenvalue weighted by atomic mass is 16.5. The fourth-order valence-electron chi connectivity index (χ4n) is 4.80. The second kappa shape index (κ2) is 12.8. The molecule has 14 nitrogen and oxygen atoms in total. The average Bonchev–Trinajstić information content (AvgIpc) is 3.31. The third-order valence-corrected chi connectivity index (χ3v) is 6.83. The van der Waals surface area contributed by atoms with Crippen molar-refractivity contribution in [2.75, 3.05) is 56.5 Å². The molecule has 0 aliphatic carbocycles. The molecule has 14 heteroatoms. The number of pyridine rings is 1. The van der Waals surface area contributed by atoms with Gasteiger partial charge in [-0.05, 0) is 31.4 Å². The number of hydrogen-bond acceptors (Lipinski definition) is 10. The van der Waals surface area contributed by atoms with Gasteiger partial charge < -0.3 is 30.5 Å². The van der Waals surface area contributed by atoms with Gasteiger partial charge >= 0.3 is 12.1 Å². The molecule has 2 amide bonds. The number of rotatable bonds is 11. The Morgan fingerprint density at radius 3 is 2.60 bits per heavy atom. The molecule has 40 heavy (non-hydrogen) atoms. The summed E-state index contributed by atoms with van der Waals surface area (Å²) in [5.41, 5.74) is 9.40. The van der Waals surface area contributed by atoms with Gasteiger partial charge in [0.1, 0.15) is 12.4 Å². The fourth-order valence-corrected chi connectivity index (χ4v) is 4.80. The van der Waals surface area contributed by atoms with Crippen LogP contribution >= 0.6 is 0 Å². The van der Waals surface area contributed by atoms with Gasteiger partial charge in [0.15, 0.2) is 11.5 Å². The molecule has 3 aromatic heterocycles. The molecular formula is C26H37N9O5.